The molecule has 5 rings (SSSR count). The molecule has 1 aliphatic carbocycles. The fourth-order valence-electron chi connectivity index (χ4n) is 5.28. The molecule has 1 atom stereocenters. The molecular weight excluding hydrogens is 478 g/mol. The molecule has 0 saturated heterocycles. The number of aryl methyl sites for hydroxylation is 1. The SMILES string of the molecule is CCC1c2cccn2-c2sc3c(c2CN1C(=O)Nc1cc(C(=O)OC)ccc1C(=O)OC)CCCC3. The van der Waals surface area contributed by atoms with Crippen LogP contribution in [0.3, 0.4) is 0 Å². The van der Waals surface area contributed by atoms with Crippen LogP contribution in [-0.4, -0.2) is 41.7 Å². The van der Waals surface area contributed by atoms with E-state index in [0.29, 0.717) is 6.54 Å². The van der Waals surface area contributed by atoms with Crippen LogP contribution in [-0.2, 0) is 28.9 Å². The first kappa shape index (κ1) is 24.1. The number of carbonyl (C=O) groups is 3. The first-order valence-corrected chi connectivity index (χ1v) is 13.0. The van der Waals surface area contributed by atoms with Gasteiger partial charge in [-0.3, -0.25) is 0 Å². The predicted octanol–water partition coefficient (Wildman–Crippen LogP) is 5.49. The van der Waals surface area contributed by atoms with E-state index in [2.05, 4.69) is 29.1 Å². The number of aromatic nitrogens is 1. The van der Waals surface area contributed by atoms with E-state index in [1.165, 1.54) is 59.8 Å². The number of nitrogens with zero attached hydrogens (tertiary/aromatic N) is 2. The average Bonchev–Trinajstić information content (AvgIpc) is 3.49. The number of nitrogens with one attached hydrogen (secondary N) is 1. The Labute approximate surface area is 213 Å². The monoisotopic (exact) mass is 507 g/mol. The third-order valence-electron chi connectivity index (χ3n) is 7.04. The largest absolute Gasteiger partial charge is 0.465 e. The average molecular weight is 508 g/mol. The Hall–Kier alpha value is -3.59. The number of carbonyl (C=O) groups excluding carboxylic acids is 3. The lowest BCUT2D eigenvalue weighted by atomic mass is 9.95. The topological polar surface area (TPSA) is 89.9 Å². The summed E-state index contributed by atoms with van der Waals surface area (Å²) in [5.41, 5.74) is 4.23. The van der Waals surface area contributed by atoms with Gasteiger partial charge in [0, 0.05) is 22.3 Å². The highest BCUT2D eigenvalue weighted by Crippen LogP contribution is 2.43. The quantitative estimate of drug-likeness (QED) is 0.472. The minimum absolute atomic E-state index is 0.163. The van der Waals surface area contributed by atoms with Crippen LogP contribution in [0.1, 0.15) is 74.6 Å². The number of hydrogen-bond acceptors (Lipinski definition) is 6. The van der Waals surface area contributed by atoms with Gasteiger partial charge in [0.05, 0.1) is 43.6 Å². The Morgan fingerprint density at radius 1 is 1.06 bits per heavy atom. The lowest BCUT2D eigenvalue weighted by Gasteiger charge is -2.30. The standard InChI is InChI=1S/C27H29N3O5S/c1-4-21-22-9-7-13-29(22)24-19(17-8-5-6-10-23(17)36-24)15-30(21)27(33)28-20-14-16(25(31)34-2)11-12-18(20)26(32)35-3/h7,9,11-14,21H,4-6,8,10,15H2,1-3H3,(H,28,33). The molecule has 8 nitrogen and oxygen atoms in total. The highest BCUT2D eigenvalue weighted by atomic mass is 32.1. The van der Waals surface area contributed by atoms with E-state index in [1.54, 1.807) is 0 Å². The van der Waals surface area contributed by atoms with Gasteiger partial charge >= 0.3 is 18.0 Å². The number of rotatable bonds is 4. The van der Waals surface area contributed by atoms with Crippen LogP contribution < -0.4 is 5.32 Å². The zero-order chi connectivity index (χ0) is 25.4. The third-order valence-corrected chi connectivity index (χ3v) is 8.37. The Morgan fingerprint density at radius 2 is 1.83 bits per heavy atom. The second-order valence-corrected chi connectivity index (χ2v) is 10.1. The van der Waals surface area contributed by atoms with Crippen LogP contribution in [0.25, 0.3) is 5.00 Å². The molecule has 36 heavy (non-hydrogen) atoms. The summed E-state index contributed by atoms with van der Waals surface area (Å²) >= 11 is 1.84. The van der Waals surface area contributed by atoms with Crippen molar-refractivity contribution in [2.24, 2.45) is 0 Å². The molecule has 2 aliphatic rings. The van der Waals surface area contributed by atoms with E-state index < -0.39 is 11.9 Å². The number of ether oxygens (including phenoxy) is 2. The summed E-state index contributed by atoms with van der Waals surface area (Å²) in [5, 5.41) is 4.10. The summed E-state index contributed by atoms with van der Waals surface area (Å²) in [6.45, 7) is 2.53. The number of benzene rings is 1. The molecule has 3 aromatic rings. The van der Waals surface area contributed by atoms with Gasteiger partial charge in [0.25, 0.3) is 0 Å². The molecule has 2 amide bonds. The van der Waals surface area contributed by atoms with Gasteiger partial charge in [-0.2, -0.15) is 0 Å². The van der Waals surface area contributed by atoms with Crippen molar-refractivity contribution in [2.75, 3.05) is 19.5 Å². The molecular formula is C27H29N3O5S. The van der Waals surface area contributed by atoms with Gasteiger partial charge in [0.15, 0.2) is 0 Å². The number of anilines is 1. The number of fused-ring (bicyclic) bond motifs is 5. The smallest absolute Gasteiger partial charge is 0.339 e. The van der Waals surface area contributed by atoms with Gasteiger partial charge in [-0.15, -0.1) is 11.3 Å². The summed E-state index contributed by atoms with van der Waals surface area (Å²) in [6.07, 6.45) is 7.25. The van der Waals surface area contributed by atoms with E-state index >= 15 is 0 Å². The molecule has 0 bridgehead atoms. The lowest BCUT2D eigenvalue weighted by molar-refractivity contribution is 0.0587. The number of esters is 2. The summed E-state index contributed by atoms with van der Waals surface area (Å²) < 4.78 is 12.0. The second kappa shape index (κ2) is 9.81. The molecule has 9 heteroatoms. The van der Waals surface area contributed by atoms with Crippen molar-refractivity contribution in [3.63, 3.8) is 0 Å². The highest BCUT2D eigenvalue weighted by Gasteiger charge is 2.34. The van der Waals surface area contributed by atoms with E-state index in [4.69, 9.17) is 9.47 Å². The highest BCUT2D eigenvalue weighted by molar-refractivity contribution is 7.15. The first-order chi connectivity index (χ1) is 17.5. The predicted molar refractivity (Wildman–Crippen MR) is 137 cm³/mol. The molecule has 0 radical (unpaired) electrons. The van der Waals surface area contributed by atoms with Crippen LogP contribution in [0.15, 0.2) is 36.5 Å². The van der Waals surface area contributed by atoms with Gasteiger partial charge in [0.2, 0.25) is 0 Å². The fraction of sp³-hybridized carbons (Fsp3) is 0.370. The number of thiophene rings is 1. The number of hydrogen-bond donors (Lipinski definition) is 1. The molecule has 3 heterocycles. The van der Waals surface area contributed by atoms with E-state index in [0.717, 1.165) is 31.4 Å². The zero-order valence-corrected chi connectivity index (χ0v) is 21.4. The maximum atomic E-state index is 13.9. The Balaban J connectivity index is 1.56. The van der Waals surface area contributed by atoms with Crippen LogP contribution in [0.2, 0.25) is 0 Å². The van der Waals surface area contributed by atoms with E-state index in [-0.39, 0.29) is 28.9 Å². The zero-order valence-electron chi connectivity index (χ0n) is 20.6. The van der Waals surface area contributed by atoms with Crippen molar-refractivity contribution >= 4 is 35.0 Å². The van der Waals surface area contributed by atoms with Crippen LogP contribution in [0.4, 0.5) is 10.5 Å². The minimum Gasteiger partial charge on any atom is -0.465 e. The van der Waals surface area contributed by atoms with Gasteiger partial charge < -0.3 is 24.3 Å². The van der Waals surface area contributed by atoms with Crippen LogP contribution in [0.5, 0.6) is 0 Å². The first-order valence-electron chi connectivity index (χ1n) is 12.2. The number of amides is 2. The Kier molecular flexibility index (Phi) is 6.57. The van der Waals surface area contributed by atoms with Crippen molar-refractivity contribution < 1.29 is 23.9 Å². The molecule has 1 N–H and O–H groups in total. The van der Waals surface area contributed by atoms with E-state index in [9.17, 15) is 14.4 Å². The summed E-state index contributed by atoms with van der Waals surface area (Å²) in [6, 6.07) is 7.98. The summed E-state index contributed by atoms with van der Waals surface area (Å²) in [5.74, 6) is -1.16. The lowest BCUT2D eigenvalue weighted by Crippen LogP contribution is -2.37. The summed E-state index contributed by atoms with van der Waals surface area (Å²) in [7, 11) is 2.56. The summed E-state index contributed by atoms with van der Waals surface area (Å²) in [4.78, 5) is 41.7. The van der Waals surface area contributed by atoms with Crippen molar-refractivity contribution in [3.05, 3.63) is 69.4 Å². The molecule has 0 fully saturated rings. The third kappa shape index (κ3) is 4.07. The Bertz CT molecular complexity index is 1340. The maximum absolute atomic E-state index is 13.9. The molecule has 1 aromatic carbocycles. The molecule has 0 saturated carbocycles. The van der Waals surface area contributed by atoms with Gasteiger partial charge in [-0.25, -0.2) is 14.4 Å². The van der Waals surface area contributed by atoms with Gasteiger partial charge in [-0.05, 0) is 68.0 Å². The number of methoxy groups -OCH3 is 2. The molecule has 188 valence electrons. The minimum atomic E-state index is -0.604. The van der Waals surface area contributed by atoms with Gasteiger partial charge in [0.1, 0.15) is 5.00 Å². The maximum Gasteiger partial charge on any atom is 0.339 e. The van der Waals surface area contributed by atoms with Gasteiger partial charge in [-0.1, -0.05) is 6.92 Å². The van der Waals surface area contributed by atoms with Crippen molar-refractivity contribution in [1.29, 1.82) is 0 Å². The second-order valence-electron chi connectivity index (χ2n) is 9.02. The Morgan fingerprint density at radius 3 is 2.58 bits per heavy atom. The fourth-order valence-corrected chi connectivity index (χ4v) is 6.68. The molecule has 0 spiro atoms. The van der Waals surface area contributed by atoms with Crippen LogP contribution in [0, 0.1) is 0 Å². The van der Waals surface area contributed by atoms with Crippen molar-refractivity contribution in [1.82, 2.24) is 9.47 Å². The van der Waals surface area contributed by atoms with Crippen molar-refractivity contribution in [2.45, 2.75) is 51.6 Å². The molecule has 1 aliphatic heterocycles. The molecule has 2 aromatic heterocycles. The number of urea groups is 1. The normalized spacial score (nSPS) is 16.3. The van der Waals surface area contributed by atoms with E-state index in [1.807, 2.05) is 22.3 Å². The molecule has 1 unspecified atom stereocenters. The van der Waals surface area contributed by atoms with Crippen molar-refractivity contribution in [3.8, 4) is 5.00 Å². The van der Waals surface area contributed by atoms with Crippen LogP contribution >= 0.6 is 11.3 Å².